The number of anilines is 1. The lowest BCUT2D eigenvalue weighted by Gasteiger charge is -2.09. The van der Waals surface area contributed by atoms with Crippen LogP contribution in [0.3, 0.4) is 0 Å². The lowest BCUT2D eigenvalue weighted by atomic mass is 10.1. The Bertz CT molecular complexity index is 486. The van der Waals surface area contributed by atoms with Gasteiger partial charge < -0.3 is 15.4 Å². The van der Waals surface area contributed by atoms with Crippen molar-refractivity contribution >= 4 is 11.6 Å². The van der Waals surface area contributed by atoms with Crippen molar-refractivity contribution in [2.45, 2.75) is 46.0 Å². The van der Waals surface area contributed by atoms with Crippen LogP contribution < -0.4 is 15.4 Å². The molecule has 0 fully saturated rings. The van der Waals surface area contributed by atoms with Gasteiger partial charge in [-0.25, -0.2) is 0 Å². The van der Waals surface area contributed by atoms with E-state index in [1.165, 1.54) is 25.7 Å². The van der Waals surface area contributed by atoms with E-state index in [4.69, 9.17) is 4.74 Å². The third kappa shape index (κ3) is 9.74. The van der Waals surface area contributed by atoms with Crippen molar-refractivity contribution in [1.82, 2.24) is 5.32 Å². The molecule has 1 aromatic carbocycles. The van der Waals surface area contributed by atoms with E-state index in [9.17, 15) is 4.79 Å². The number of carbonyl (C=O) groups excluding carboxylic acids is 1. The number of rotatable bonds is 12. The summed E-state index contributed by atoms with van der Waals surface area (Å²) in [5.74, 6) is 0.699. The average molecular weight is 318 g/mol. The van der Waals surface area contributed by atoms with Crippen molar-refractivity contribution in [1.29, 1.82) is 0 Å². The highest BCUT2D eigenvalue weighted by Gasteiger charge is 2.03. The van der Waals surface area contributed by atoms with Gasteiger partial charge in [-0.05, 0) is 37.6 Å². The van der Waals surface area contributed by atoms with E-state index >= 15 is 0 Å². The van der Waals surface area contributed by atoms with Gasteiger partial charge in [0, 0.05) is 11.8 Å². The molecule has 0 atom stereocenters. The van der Waals surface area contributed by atoms with Crippen LogP contribution in [0.4, 0.5) is 5.69 Å². The summed E-state index contributed by atoms with van der Waals surface area (Å²) in [6.45, 7) is 9.64. The highest BCUT2D eigenvalue weighted by atomic mass is 16.5. The van der Waals surface area contributed by atoms with Crippen LogP contribution in [0.1, 0.15) is 46.0 Å². The second-order valence-electron chi connectivity index (χ2n) is 5.91. The Balaban J connectivity index is 2.23. The molecular formula is C19H30N2O2. The minimum Gasteiger partial charge on any atom is -0.489 e. The zero-order valence-electron chi connectivity index (χ0n) is 14.5. The molecule has 0 heterocycles. The van der Waals surface area contributed by atoms with E-state index < -0.39 is 0 Å². The number of carbonyl (C=O) groups is 1. The van der Waals surface area contributed by atoms with Gasteiger partial charge in [0.1, 0.15) is 12.4 Å². The van der Waals surface area contributed by atoms with Crippen LogP contribution in [0.5, 0.6) is 5.75 Å². The van der Waals surface area contributed by atoms with Crippen LogP contribution in [0, 0.1) is 0 Å². The van der Waals surface area contributed by atoms with E-state index in [1.807, 2.05) is 31.2 Å². The van der Waals surface area contributed by atoms with Gasteiger partial charge >= 0.3 is 0 Å². The number of hydrogen-bond acceptors (Lipinski definition) is 3. The van der Waals surface area contributed by atoms with E-state index in [0.29, 0.717) is 13.2 Å². The van der Waals surface area contributed by atoms with Crippen LogP contribution in [-0.4, -0.2) is 25.6 Å². The first-order valence-corrected chi connectivity index (χ1v) is 8.49. The standard InChI is InChI=1S/C19H30N2O2/c1-4-5-6-7-8-12-20-14-19(22)21-17-10-9-11-18(13-17)23-15-16(2)3/h9-11,13,20H,2,4-8,12,14-15H2,1,3H3,(H,21,22). The fraction of sp³-hybridized carbons (Fsp3) is 0.526. The molecule has 0 bridgehead atoms. The molecule has 0 aliphatic rings. The number of ether oxygens (including phenoxy) is 1. The summed E-state index contributed by atoms with van der Waals surface area (Å²) in [6.07, 6.45) is 6.18. The van der Waals surface area contributed by atoms with Crippen molar-refractivity contribution in [3.05, 3.63) is 36.4 Å². The summed E-state index contributed by atoms with van der Waals surface area (Å²) in [5, 5.41) is 6.06. The maximum absolute atomic E-state index is 11.9. The molecule has 1 rings (SSSR count). The van der Waals surface area contributed by atoms with Gasteiger partial charge in [-0.1, -0.05) is 45.3 Å². The predicted octanol–water partition coefficient (Wildman–Crippen LogP) is 4.14. The van der Waals surface area contributed by atoms with Crippen molar-refractivity contribution < 1.29 is 9.53 Å². The van der Waals surface area contributed by atoms with Crippen LogP contribution >= 0.6 is 0 Å². The van der Waals surface area contributed by atoms with E-state index in [2.05, 4.69) is 24.1 Å². The molecular weight excluding hydrogens is 288 g/mol. The van der Waals surface area contributed by atoms with Gasteiger partial charge in [0.2, 0.25) is 5.91 Å². The van der Waals surface area contributed by atoms with E-state index in [0.717, 1.165) is 30.0 Å². The zero-order valence-corrected chi connectivity index (χ0v) is 14.5. The molecule has 4 nitrogen and oxygen atoms in total. The maximum atomic E-state index is 11.9. The lowest BCUT2D eigenvalue weighted by Crippen LogP contribution is -2.28. The summed E-state index contributed by atoms with van der Waals surface area (Å²) in [7, 11) is 0. The Labute approximate surface area is 140 Å². The summed E-state index contributed by atoms with van der Waals surface area (Å²) in [5.41, 5.74) is 1.71. The smallest absolute Gasteiger partial charge is 0.238 e. The Morgan fingerprint density at radius 3 is 2.74 bits per heavy atom. The third-order valence-corrected chi connectivity index (χ3v) is 3.35. The SMILES string of the molecule is C=C(C)COc1cccc(NC(=O)CNCCCCCCC)c1. The minimum atomic E-state index is -0.0318. The topological polar surface area (TPSA) is 50.4 Å². The number of hydrogen-bond donors (Lipinski definition) is 2. The molecule has 0 aromatic heterocycles. The fourth-order valence-corrected chi connectivity index (χ4v) is 2.13. The van der Waals surface area contributed by atoms with Gasteiger partial charge in [-0.3, -0.25) is 4.79 Å². The molecule has 0 aliphatic heterocycles. The Hall–Kier alpha value is -1.81. The van der Waals surface area contributed by atoms with Crippen LogP contribution in [0.15, 0.2) is 36.4 Å². The first-order valence-electron chi connectivity index (χ1n) is 8.49. The van der Waals surface area contributed by atoms with E-state index in [1.54, 1.807) is 0 Å². The highest BCUT2D eigenvalue weighted by Crippen LogP contribution is 2.17. The van der Waals surface area contributed by atoms with Crippen molar-refractivity contribution in [2.24, 2.45) is 0 Å². The normalized spacial score (nSPS) is 10.3. The summed E-state index contributed by atoms with van der Waals surface area (Å²) in [6, 6.07) is 7.42. The van der Waals surface area contributed by atoms with Crippen LogP contribution in [0.25, 0.3) is 0 Å². The molecule has 2 N–H and O–H groups in total. The number of benzene rings is 1. The second-order valence-corrected chi connectivity index (χ2v) is 5.91. The summed E-state index contributed by atoms with van der Waals surface area (Å²) >= 11 is 0. The van der Waals surface area contributed by atoms with Crippen LogP contribution in [-0.2, 0) is 4.79 Å². The Kier molecular flexibility index (Phi) is 9.80. The summed E-state index contributed by atoms with van der Waals surface area (Å²) < 4.78 is 5.57. The fourth-order valence-electron chi connectivity index (χ4n) is 2.13. The van der Waals surface area contributed by atoms with Crippen molar-refractivity contribution in [3.63, 3.8) is 0 Å². The van der Waals surface area contributed by atoms with Gasteiger partial charge in [0.15, 0.2) is 0 Å². The largest absolute Gasteiger partial charge is 0.489 e. The van der Waals surface area contributed by atoms with E-state index in [-0.39, 0.29) is 5.91 Å². The number of unbranched alkanes of at least 4 members (excludes halogenated alkanes) is 4. The quantitative estimate of drug-likeness (QED) is 0.450. The zero-order chi connectivity index (χ0) is 16.9. The summed E-state index contributed by atoms with van der Waals surface area (Å²) in [4.78, 5) is 11.9. The molecule has 0 spiro atoms. The Morgan fingerprint density at radius 1 is 1.22 bits per heavy atom. The van der Waals surface area contributed by atoms with Gasteiger partial charge in [-0.15, -0.1) is 0 Å². The van der Waals surface area contributed by atoms with Crippen LogP contribution in [0.2, 0.25) is 0 Å². The Morgan fingerprint density at radius 2 is 2.00 bits per heavy atom. The molecule has 4 heteroatoms. The first kappa shape index (κ1) is 19.2. The number of amides is 1. The third-order valence-electron chi connectivity index (χ3n) is 3.35. The maximum Gasteiger partial charge on any atom is 0.238 e. The molecule has 1 amide bonds. The predicted molar refractivity (Wildman–Crippen MR) is 97.0 cm³/mol. The molecule has 0 radical (unpaired) electrons. The molecule has 128 valence electrons. The molecule has 0 saturated carbocycles. The van der Waals surface area contributed by atoms with Gasteiger partial charge in [0.05, 0.1) is 6.54 Å². The molecule has 1 aromatic rings. The van der Waals surface area contributed by atoms with Crippen molar-refractivity contribution in [2.75, 3.05) is 25.0 Å². The molecule has 0 saturated heterocycles. The molecule has 0 unspecified atom stereocenters. The lowest BCUT2D eigenvalue weighted by molar-refractivity contribution is -0.115. The van der Waals surface area contributed by atoms with Gasteiger partial charge in [0.25, 0.3) is 0 Å². The first-order chi connectivity index (χ1) is 11.1. The number of nitrogens with one attached hydrogen (secondary N) is 2. The second kappa shape index (κ2) is 11.7. The average Bonchev–Trinajstić information content (AvgIpc) is 2.52. The minimum absolute atomic E-state index is 0.0318. The monoisotopic (exact) mass is 318 g/mol. The highest BCUT2D eigenvalue weighted by molar-refractivity contribution is 5.92. The van der Waals surface area contributed by atoms with Gasteiger partial charge in [-0.2, -0.15) is 0 Å². The molecule has 23 heavy (non-hydrogen) atoms. The molecule has 0 aliphatic carbocycles. The van der Waals surface area contributed by atoms with Crippen molar-refractivity contribution in [3.8, 4) is 5.75 Å².